The number of phenolic OH excluding ortho intramolecular Hbond substituents is 1. The van der Waals surface area contributed by atoms with Crippen molar-refractivity contribution >= 4 is 11.5 Å². The lowest BCUT2D eigenvalue weighted by atomic mass is 10.0. The average Bonchev–Trinajstić information content (AvgIpc) is 2.79. The third-order valence-corrected chi connectivity index (χ3v) is 5.34. The van der Waals surface area contributed by atoms with Crippen molar-refractivity contribution in [3.63, 3.8) is 0 Å². The maximum atomic E-state index is 12.5. The molecule has 0 saturated carbocycles. The number of rotatable bonds is 15. The first-order valence-electron chi connectivity index (χ1n) is 11.4. The van der Waals surface area contributed by atoms with Crippen molar-refractivity contribution in [2.45, 2.75) is 52.4 Å². The van der Waals surface area contributed by atoms with Crippen molar-refractivity contribution in [1.29, 1.82) is 0 Å². The summed E-state index contributed by atoms with van der Waals surface area (Å²) >= 11 is 0. The Kier molecular flexibility index (Phi) is 10.7. The number of phenols is 1. The molecule has 0 aliphatic rings. The van der Waals surface area contributed by atoms with Crippen LogP contribution in [0, 0.1) is 10.1 Å². The highest BCUT2D eigenvalue weighted by molar-refractivity contribution is 5.98. The highest BCUT2D eigenvalue weighted by atomic mass is 16.6. The Morgan fingerprint density at radius 1 is 1.00 bits per heavy atom. The third-order valence-electron chi connectivity index (χ3n) is 5.34. The van der Waals surface area contributed by atoms with E-state index < -0.39 is 4.92 Å². The SMILES string of the molecule is CCCCN(CCCC)CCCOc1ccc(C(=O)Cc2cc([N+](=O)[O-])ccc2O)cc1. The van der Waals surface area contributed by atoms with Crippen molar-refractivity contribution in [2.75, 3.05) is 26.2 Å². The number of nitro benzene ring substituents is 1. The fourth-order valence-corrected chi connectivity index (χ4v) is 3.42. The fourth-order valence-electron chi connectivity index (χ4n) is 3.42. The van der Waals surface area contributed by atoms with E-state index in [4.69, 9.17) is 4.74 Å². The maximum Gasteiger partial charge on any atom is 0.269 e. The van der Waals surface area contributed by atoms with E-state index in [9.17, 15) is 20.0 Å². The minimum atomic E-state index is -0.549. The van der Waals surface area contributed by atoms with Gasteiger partial charge in [0.15, 0.2) is 5.78 Å². The normalized spacial score (nSPS) is 11.0. The molecular weight excluding hydrogens is 408 g/mol. The summed E-state index contributed by atoms with van der Waals surface area (Å²) in [7, 11) is 0. The Morgan fingerprint density at radius 3 is 2.22 bits per heavy atom. The fraction of sp³-hybridized carbons (Fsp3) is 0.480. The van der Waals surface area contributed by atoms with Gasteiger partial charge >= 0.3 is 0 Å². The number of nitrogens with zero attached hydrogens (tertiary/aromatic N) is 2. The van der Waals surface area contributed by atoms with Gasteiger partial charge < -0.3 is 14.7 Å². The Balaban J connectivity index is 1.84. The predicted octanol–water partition coefficient (Wildman–Crippen LogP) is 5.40. The molecule has 2 rings (SSSR count). The second-order valence-electron chi connectivity index (χ2n) is 7.95. The van der Waals surface area contributed by atoms with E-state index >= 15 is 0 Å². The molecule has 0 aliphatic heterocycles. The summed E-state index contributed by atoms with van der Waals surface area (Å²) in [5.74, 6) is 0.346. The number of ketones is 1. The molecule has 174 valence electrons. The molecule has 1 N–H and O–H groups in total. The van der Waals surface area contributed by atoms with Gasteiger partial charge in [-0.2, -0.15) is 0 Å². The Morgan fingerprint density at radius 2 is 1.62 bits per heavy atom. The first-order chi connectivity index (χ1) is 15.4. The molecule has 0 heterocycles. The van der Waals surface area contributed by atoms with Gasteiger partial charge in [-0.3, -0.25) is 14.9 Å². The summed E-state index contributed by atoms with van der Waals surface area (Å²) in [6.07, 6.45) is 5.66. The summed E-state index contributed by atoms with van der Waals surface area (Å²) in [4.78, 5) is 25.4. The molecule has 7 nitrogen and oxygen atoms in total. The zero-order chi connectivity index (χ0) is 23.3. The molecule has 32 heavy (non-hydrogen) atoms. The number of nitro groups is 1. The van der Waals surface area contributed by atoms with Gasteiger partial charge in [0.05, 0.1) is 11.5 Å². The van der Waals surface area contributed by atoms with Crippen LogP contribution in [-0.4, -0.2) is 47.0 Å². The van der Waals surface area contributed by atoms with Crippen molar-refractivity contribution in [1.82, 2.24) is 4.90 Å². The van der Waals surface area contributed by atoms with Crippen LogP contribution in [-0.2, 0) is 6.42 Å². The first-order valence-corrected chi connectivity index (χ1v) is 11.4. The molecule has 0 bridgehead atoms. The van der Waals surface area contributed by atoms with Crippen LogP contribution in [0.15, 0.2) is 42.5 Å². The second-order valence-corrected chi connectivity index (χ2v) is 7.95. The summed E-state index contributed by atoms with van der Waals surface area (Å²) in [6, 6.07) is 10.6. The van der Waals surface area contributed by atoms with E-state index in [0.717, 1.165) is 26.1 Å². The van der Waals surface area contributed by atoms with Crippen molar-refractivity contribution in [2.24, 2.45) is 0 Å². The summed E-state index contributed by atoms with van der Waals surface area (Å²) in [6.45, 7) is 8.32. The van der Waals surface area contributed by atoms with E-state index in [1.165, 1.54) is 43.9 Å². The summed E-state index contributed by atoms with van der Waals surface area (Å²) < 4.78 is 5.83. The predicted molar refractivity (Wildman–Crippen MR) is 126 cm³/mol. The largest absolute Gasteiger partial charge is 0.508 e. The molecular formula is C25H34N2O5. The van der Waals surface area contributed by atoms with Gasteiger partial charge in [-0.05, 0) is 62.7 Å². The summed E-state index contributed by atoms with van der Waals surface area (Å²) in [5, 5.41) is 20.8. The van der Waals surface area contributed by atoms with Crippen LogP contribution in [0.4, 0.5) is 5.69 Å². The van der Waals surface area contributed by atoms with Gasteiger partial charge in [-0.25, -0.2) is 0 Å². The van der Waals surface area contributed by atoms with Crippen LogP contribution in [0.1, 0.15) is 61.9 Å². The van der Waals surface area contributed by atoms with Crippen molar-refractivity contribution in [3.8, 4) is 11.5 Å². The van der Waals surface area contributed by atoms with E-state index in [1.807, 2.05) is 0 Å². The lowest BCUT2D eigenvalue weighted by molar-refractivity contribution is -0.384. The highest BCUT2D eigenvalue weighted by Crippen LogP contribution is 2.24. The highest BCUT2D eigenvalue weighted by Gasteiger charge is 2.15. The topological polar surface area (TPSA) is 92.9 Å². The number of unbranched alkanes of at least 4 members (excludes halogenated alkanes) is 2. The number of aromatic hydroxyl groups is 1. The quantitative estimate of drug-likeness (QED) is 0.172. The minimum absolute atomic E-state index is 0.112. The van der Waals surface area contributed by atoms with E-state index in [2.05, 4.69) is 18.7 Å². The molecule has 0 amide bonds. The molecule has 0 aromatic heterocycles. The average molecular weight is 443 g/mol. The summed E-state index contributed by atoms with van der Waals surface area (Å²) in [5.41, 5.74) is 0.547. The minimum Gasteiger partial charge on any atom is -0.508 e. The third kappa shape index (κ3) is 8.30. The maximum absolute atomic E-state index is 12.5. The monoisotopic (exact) mass is 442 g/mol. The molecule has 0 saturated heterocycles. The molecule has 0 atom stereocenters. The zero-order valence-electron chi connectivity index (χ0n) is 19.1. The van der Waals surface area contributed by atoms with Gasteiger partial charge in [0, 0.05) is 36.2 Å². The Bertz CT molecular complexity index is 859. The van der Waals surface area contributed by atoms with E-state index in [-0.39, 0.29) is 29.2 Å². The molecule has 2 aromatic rings. The van der Waals surface area contributed by atoms with Crippen LogP contribution in [0.3, 0.4) is 0 Å². The molecule has 0 aliphatic carbocycles. The molecule has 0 fully saturated rings. The van der Waals surface area contributed by atoms with Crippen LogP contribution in [0.25, 0.3) is 0 Å². The molecule has 0 spiro atoms. The van der Waals surface area contributed by atoms with Gasteiger partial charge in [0.1, 0.15) is 11.5 Å². The van der Waals surface area contributed by atoms with Crippen molar-refractivity contribution in [3.05, 3.63) is 63.7 Å². The molecule has 7 heteroatoms. The van der Waals surface area contributed by atoms with Crippen LogP contribution < -0.4 is 4.74 Å². The zero-order valence-corrected chi connectivity index (χ0v) is 19.1. The van der Waals surface area contributed by atoms with E-state index in [1.54, 1.807) is 24.3 Å². The first kappa shape index (κ1) is 25.3. The smallest absolute Gasteiger partial charge is 0.269 e. The lowest BCUT2D eigenvalue weighted by Gasteiger charge is -2.21. The lowest BCUT2D eigenvalue weighted by Crippen LogP contribution is -2.28. The number of carbonyl (C=O) groups is 1. The van der Waals surface area contributed by atoms with Gasteiger partial charge in [0.25, 0.3) is 5.69 Å². The van der Waals surface area contributed by atoms with Crippen LogP contribution >= 0.6 is 0 Å². The Labute approximate surface area is 190 Å². The number of ether oxygens (including phenoxy) is 1. The second kappa shape index (κ2) is 13.5. The number of benzene rings is 2. The molecule has 0 radical (unpaired) electrons. The van der Waals surface area contributed by atoms with Crippen molar-refractivity contribution < 1.29 is 19.6 Å². The van der Waals surface area contributed by atoms with Gasteiger partial charge in [-0.15, -0.1) is 0 Å². The molecule has 2 aromatic carbocycles. The van der Waals surface area contributed by atoms with Gasteiger partial charge in [0.2, 0.25) is 0 Å². The number of Topliss-reactive ketones (excluding diaryl/α,β-unsaturated/α-hetero) is 1. The van der Waals surface area contributed by atoms with Gasteiger partial charge in [-0.1, -0.05) is 26.7 Å². The number of non-ortho nitro benzene ring substituents is 1. The number of carbonyl (C=O) groups excluding carboxylic acids is 1. The number of hydrogen-bond acceptors (Lipinski definition) is 6. The number of hydrogen-bond donors (Lipinski definition) is 1. The van der Waals surface area contributed by atoms with Crippen LogP contribution in [0.2, 0.25) is 0 Å². The Hall–Kier alpha value is -2.93. The molecule has 0 unspecified atom stereocenters. The standard InChI is InChI=1S/C25H34N2O5/c1-3-5-14-26(15-6-4-2)16-7-17-32-23-11-8-20(9-12-23)25(29)19-21-18-22(27(30)31)10-13-24(21)28/h8-13,18,28H,3-7,14-17,19H2,1-2H3. The van der Waals surface area contributed by atoms with E-state index in [0.29, 0.717) is 17.9 Å². The van der Waals surface area contributed by atoms with Crippen LogP contribution in [0.5, 0.6) is 11.5 Å².